The van der Waals surface area contributed by atoms with Crippen LogP contribution in [-0.4, -0.2) is 23.7 Å². The maximum atomic E-state index is 14.6. The molecule has 1 aliphatic carbocycles. The number of carbonyl (C=O) groups is 1. The fourth-order valence-electron chi connectivity index (χ4n) is 3.48. The first-order valence-corrected chi connectivity index (χ1v) is 9.57. The number of hydrogen-bond donors (Lipinski definition) is 0. The molecule has 2 atom stereocenters. The number of pyridine rings is 1. The monoisotopic (exact) mass is 373 g/mol. The highest BCUT2D eigenvalue weighted by Crippen LogP contribution is 2.42. The van der Waals surface area contributed by atoms with Crippen molar-refractivity contribution in [2.75, 3.05) is 6.61 Å². The Morgan fingerprint density at radius 3 is 2.81 bits per heavy atom. The summed E-state index contributed by atoms with van der Waals surface area (Å²) in [5.74, 6) is 0.178. The molecule has 0 spiro atoms. The summed E-state index contributed by atoms with van der Waals surface area (Å²) in [5.41, 5.74) is 2.14. The predicted octanol–water partition coefficient (Wildman–Crippen LogP) is 3.67. The highest BCUT2D eigenvalue weighted by molar-refractivity contribution is 7.27. The zero-order chi connectivity index (χ0) is 18.3. The molecule has 0 bridgehead atoms. The van der Waals surface area contributed by atoms with Gasteiger partial charge in [-0.25, -0.2) is 14.2 Å². The van der Waals surface area contributed by atoms with Gasteiger partial charge in [0.25, 0.3) is 0 Å². The van der Waals surface area contributed by atoms with Gasteiger partial charge in [-0.05, 0) is 61.5 Å². The van der Waals surface area contributed by atoms with E-state index in [9.17, 15) is 9.18 Å². The van der Waals surface area contributed by atoms with E-state index in [4.69, 9.17) is 9.47 Å². The standard InChI is InChI=1S/C20H21FNO3P/c1-2-24-20(23)17-10-15(13-6-5-12(26)9-16(13)21)14-7-8-18(11-3-4-11)25-19(14)22-17/h5-6,9-11,18H,2-4,7-8,26H2,1H3. The summed E-state index contributed by atoms with van der Waals surface area (Å²) in [6, 6.07) is 6.65. The van der Waals surface area contributed by atoms with Gasteiger partial charge in [0.15, 0.2) is 5.69 Å². The lowest BCUT2D eigenvalue weighted by molar-refractivity contribution is 0.0516. The first-order chi connectivity index (χ1) is 12.6. The van der Waals surface area contributed by atoms with Crippen LogP contribution in [0.2, 0.25) is 0 Å². The Kier molecular flexibility index (Phi) is 4.66. The number of halogens is 1. The Morgan fingerprint density at radius 2 is 2.12 bits per heavy atom. The maximum absolute atomic E-state index is 14.6. The van der Waals surface area contributed by atoms with E-state index in [0.717, 1.165) is 23.7 Å². The summed E-state index contributed by atoms with van der Waals surface area (Å²) in [6.45, 7) is 2.00. The second kappa shape index (κ2) is 6.96. The van der Waals surface area contributed by atoms with E-state index in [2.05, 4.69) is 14.2 Å². The number of hydrogen-bond acceptors (Lipinski definition) is 4. The van der Waals surface area contributed by atoms with Crippen molar-refractivity contribution in [3.05, 3.63) is 41.3 Å². The molecule has 4 nitrogen and oxygen atoms in total. The number of fused-ring (bicyclic) bond motifs is 1. The molecule has 1 aromatic carbocycles. The third kappa shape index (κ3) is 3.33. The van der Waals surface area contributed by atoms with Gasteiger partial charge >= 0.3 is 5.97 Å². The molecule has 0 N–H and O–H groups in total. The number of benzene rings is 1. The average molecular weight is 373 g/mol. The molecule has 136 valence electrons. The van der Waals surface area contributed by atoms with Crippen LogP contribution in [0.3, 0.4) is 0 Å². The van der Waals surface area contributed by atoms with E-state index in [-0.39, 0.29) is 24.2 Å². The summed E-state index contributed by atoms with van der Waals surface area (Å²) in [6.07, 6.45) is 4.15. The van der Waals surface area contributed by atoms with Crippen LogP contribution >= 0.6 is 9.24 Å². The normalized spacial score (nSPS) is 18.8. The first kappa shape index (κ1) is 17.4. The van der Waals surface area contributed by atoms with Gasteiger partial charge < -0.3 is 9.47 Å². The number of carbonyl (C=O) groups excluding carboxylic acids is 1. The number of rotatable bonds is 4. The van der Waals surface area contributed by atoms with Crippen molar-refractivity contribution >= 4 is 20.5 Å². The summed E-state index contributed by atoms with van der Waals surface area (Å²) < 4.78 is 25.8. The molecular weight excluding hydrogens is 352 g/mol. The topological polar surface area (TPSA) is 48.4 Å². The van der Waals surface area contributed by atoms with Crippen molar-refractivity contribution in [3.8, 4) is 17.0 Å². The van der Waals surface area contributed by atoms with Crippen LogP contribution in [0, 0.1) is 11.7 Å². The molecule has 0 radical (unpaired) electrons. The van der Waals surface area contributed by atoms with Crippen LogP contribution in [0.15, 0.2) is 24.3 Å². The second-order valence-electron chi connectivity index (χ2n) is 6.83. The van der Waals surface area contributed by atoms with E-state index in [0.29, 0.717) is 22.9 Å². The lowest BCUT2D eigenvalue weighted by atomic mass is 9.93. The summed E-state index contributed by atoms with van der Waals surface area (Å²) >= 11 is 0. The second-order valence-corrected chi connectivity index (χ2v) is 7.50. The molecule has 1 fully saturated rings. The minimum atomic E-state index is -0.517. The Bertz CT molecular complexity index is 866. The van der Waals surface area contributed by atoms with Crippen molar-refractivity contribution in [1.82, 2.24) is 4.98 Å². The summed E-state index contributed by atoms with van der Waals surface area (Å²) in [4.78, 5) is 16.6. The third-order valence-corrected chi connectivity index (χ3v) is 5.30. The molecule has 26 heavy (non-hydrogen) atoms. The minimum Gasteiger partial charge on any atom is -0.474 e. The van der Waals surface area contributed by atoms with Gasteiger partial charge in [-0.2, -0.15) is 0 Å². The quantitative estimate of drug-likeness (QED) is 0.606. The average Bonchev–Trinajstić information content (AvgIpc) is 3.46. The highest BCUT2D eigenvalue weighted by atomic mass is 31.0. The molecule has 6 heteroatoms. The summed E-state index contributed by atoms with van der Waals surface area (Å²) in [7, 11) is 2.49. The Labute approximate surface area is 154 Å². The van der Waals surface area contributed by atoms with Crippen LogP contribution in [-0.2, 0) is 11.2 Å². The predicted molar refractivity (Wildman–Crippen MR) is 100 cm³/mol. The van der Waals surface area contributed by atoms with Crippen molar-refractivity contribution < 1.29 is 18.7 Å². The zero-order valence-corrected chi connectivity index (χ0v) is 15.8. The van der Waals surface area contributed by atoms with Gasteiger partial charge in [0.1, 0.15) is 11.9 Å². The molecule has 1 saturated carbocycles. The molecule has 0 saturated heterocycles. The summed E-state index contributed by atoms with van der Waals surface area (Å²) in [5, 5.41) is 0.768. The number of aromatic nitrogens is 1. The molecule has 4 rings (SSSR count). The lowest BCUT2D eigenvalue weighted by Crippen LogP contribution is -2.26. The fraction of sp³-hybridized carbons (Fsp3) is 0.400. The third-order valence-electron chi connectivity index (χ3n) is 4.94. The van der Waals surface area contributed by atoms with Gasteiger partial charge in [-0.15, -0.1) is 9.24 Å². The van der Waals surface area contributed by atoms with Gasteiger partial charge in [0, 0.05) is 11.1 Å². The van der Waals surface area contributed by atoms with E-state index < -0.39 is 5.97 Å². The van der Waals surface area contributed by atoms with E-state index in [1.165, 1.54) is 18.9 Å². The molecule has 1 aromatic heterocycles. The molecule has 2 aromatic rings. The molecule has 2 aliphatic rings. The van der Waals surface area contributed by atoms with Crippen LogP contribution in [0.5, 0.6) is 5.88 Å². The largest absolute Gasteiger partial charge is 0.474 e. The van der Waals surface area contributed by atoms with Gasteiger partial charge in [-0.3, -0.25) is 0 Å². The number of ether oxygens (including phenoxy) is 2. The molecule has 2 unspecified atom stereocenters. The Balaban J connectivity index is 1.82. The van der Waals surface area contributed by atoms with Gasteiger partial charge in [0.05, 0.1) is 6.61 Å². The van der Waals surface area contributed by atoms with Crippen molar-refractivity contribution in [2.24, 2.45) is 5.92 Å². The van der Waals surface area contributed by atoms with Crippen LogP contribution in [0.1, 0.15) is 42.2 Å². The van der Waals surface area contributed by atoms with E-state index in [1.54, 1.807) is 19.1 Å². The van der Waals surface area contributed by atoms with Crippen molar-refractivity contribution in [2.45, 2.75) is 38.7 Å². The molecular formula is C20H21FNO3P. The fourth-order valence-corrected chi connectivity index (χ4v) is 3.72. The number of esters is 1. The Hall–Kier alpha value is -2.00. The zero-order valence-electron chi connectivity index (χ0n) is 14.6. The van der Waals surface area contributed by atoms with E-state index in [1.807, 2.05) is 6.07 Å². The molecule has 1 aliphatic heterocycles. The Morgan fingerprint density at radius 1 is 1.31 bits per heavy atom. The van der Waals surface area contributed by atoms with E-state index >= 15 is 0 Å². The first-order valence-electron chi connectivity index (χ1n) is 9.00. The lowest BCUT2D eigenvalue weighted by Gasteiger charge is -2.27. The SMILES string of the molecule is CCOC(=O)c1cc(-c2ccc(P)cc2F)c2c(n1)OC(C1CC1)CC2. The molecule has 0 amide bonds. The minimum absolute atomic E-state index is 0.138. The van der Waals surface area contributed by atoms with Crippen molar-refractivity contribution in [3.63, 3.8) is 0 Å². The van der Waals surface area contributed by atoms with Crippen molar-refractivity contribution in [1.29, 1.82) is 0 Å². The van der Waals surface area contributed by atoms with Crippen LogP contribution in [0.4, 0.5) is 4.39 Å². The maximum Gasteiger partial charge on any atom is 0.357 e. The smallest absolute Gasteiger partial charge is 0.357 e. The van der Waals surface area contributed by atoms with Crippen LogP contribution in [0.25, 0.3) is 11.1 Å². The van der Waals surface area contributed by atoms with Crippen LogP contribution < -0.4 is 10.0 Å². The number of nitrogens with zero attached hydrogens (tertiary/aromatic N) is 1. The van der Waals surface area contributed by atoms with Gasteiger partial charge in [-0.1, -0.05) is 12.1 Å². The highest BCUT2D eigenvalue weighted by Gasteiger charge is 2.37. The van der Waals surface area contributed by atoms with Gasteiger partial charge in [0.2, 0.25) is 5.88 Å². The molecule has 2 heterocycles.